The zero-order valence-electron chi connectivity index (χ0n) is 22.6. The summed E-state index contributed by atoms with van der Waals surface area (Å²) in [5.41, 5.74) is -1.87. The van der Waals surface area contributed by atoms with Crippen LogP contribution in [0.2, 0.25) is 0 Å². The molecule has 1 aliphatic carbocycles. The van der Waals surface area contributed by atoms with E-state index in [0.717, 1.165) is 6.42 Å². The van der Waals surface area contributed by atoms with Crippen LogP contribution in [0.25, 0.3) is 0 Å². The van der Waals surface area contributed by atoms with E-state index in [4.69, 9.17) is 37.9 Å². The topological polar surface area (TPSA) is 218 Å². The molecule has 0 bridgehead atoms. The lowest BCUT2D eigenvalue weighted by Crippen LogP contribution is -2.56. The van der Waals surface area contributed by atoms with Gasteiger partial charge in [-0.2, -0.15) is 0 Å². The Morgan fingerprint density at radius 2 is 1.68 bits per heavy atom. The van der Waals surface area contributed by atoms with Crippen LogP contribution in [0.4, 0.5) is 0 Å². The standard InChI is InChI=1S/C25H35Cl2N3O11/c1-12(2)22(29-18(33)6-7-19(34)35)16-9-25(11-31,41-30-16)24(39)28-15(8-20(36)37)17(32)10-40-23(38)21-13(26)4-3-5-14(21)27/h12-15,21-22,31H,3-11H2,1-2H3,(H,28,39)(H,29,33)(H,34,35)(H,36,37)/t13?,14?,15-,21?,22-,25?/m0/s1. The van der Waals surface area contributed by atoms with E-state index in [1.807, 2.05) is 0 Å². The fourth-order valence-electron chi connectivity index (χ4n) is 4.49. The Kier molecular flexibility index (Phi) is 12.8. The number of nitrogens with one attached hydrogen (secondary N) is 2. The average molecular weight is 624 g/mol. The van der Waals surface area contributed by atoms with Crippen LogP contribution in [0, 0.1) is 11.8 Å². The number of hydrogen-bond acceptors (Lipinski definition) is 10. The summed E-state index contributed by atoms with van der Waals surface area (Å²) in [6.45, 7) is 1.70. The van der Waals surface area contributed by atoms with Crippen LogP contribution in [0.3, 0.4) is 0 Å². The minimum atomic E-state index is -2.04. The summed E-state index contributed by atoms with van der Waals surface area (Å²) in [7, 11) is 0. The molecule has 41 heavy (non-hydrogen) atoms. The van der Waals surface area contributed by atoms with Gasteiger partial charge in [-0.3, -0.25) is 28.8 Å². The molecule has 16 heteroatoms. The second-order valence-corrected chi connectivity index (χ2v) is 11.5. The van der Waals surface area contributed by atoms with Gasteiger partial charge in [-0.05, 0) is 18.8 Å². The van der Waals surface area contributed by atoms with E-state index in [1.165, 1.54) is 0 Å². The van der Waals surface area contributed by atoms with Crippen molar-refractivity contribution >= 4 is 64.4 Å². The third kappa shape index (κ3) is 9.54. The molecule has 2 rings (SSSR count). The zero-order valence-corrected chi connectivity index (χ0v) is 24.2. The number of halogens is 2. The van der Waals surface area contributed by atoms with E-state index in [1.54, 1.807) is 13.8 Å². The number of amides is 2. The van der Waals surface area contributed by atoms with Crippen molar-refractivity contribution in [2.45, 2.75) is 87.2 Å². The van der Waals surface area contributed by atoms with Crippen molar-refractivity contribution in [3.05, 3.63) is 0 Å². The van der Waals surface area contributed by atoms with Crippen molar-refractivity contribution in [2.24, 2.45) is 17.0 Å². The number of oxime groups is 1. The summed E-state index contributed by atoms with van der Waals surface area (Å²) in [6, 6.07) is -2.42. The van der Waals surface area contributed by atoms with Gasteiger partial charge in [0.05, 0.1) is 37.1 Å². The number of ketones is 1. The number of Topliss-reactive ketones (excluding diaryl/α,β-unsaturated/α-hetero) is 1. The number of nitrogens with zero attached hydrogens (tertiary/aromatic N) is 1. The molecule has 230 valence electrons. The number of aliphatic hydroxyl groups is 1. The number of alkyl halides is 2. The van der Waals surface area contributed by atoms with Crippen molar-refractivity contribution in [2.75, 3.05) is 13.2 Å². The van der Waals surface area contributed by atoms with Gasteiger partial charge < -0.3 is 35.5 Å². The third-order valence-electron chi connectivity index (χ3n) is 6.82. The first-order valence-corrected chi connectivity index (χ1v) is 13.9. The van der Waals surface area contributed by atoms with Crippen molar-refractivity contribution in [1.82, 2.24) is 10.6 Å². The molecule has 0 aromatic rings. The van der Waals surface area contributed by atoms with Gasteiger partial charge in [0.25, 0.3) is 5.91 Å². The Balaban J connectivity index is 2.08. The van der Waals surface area contributed by atoms with Gasteiger partial charge in [0.1, 0.15) is 6.04 Å². The van der Waals surface area contributed by atoms with E-state index in [9.17, 15) is 39.0 Å². The van der Waals surface area contributed by atoms with Crippen LogP contribution < -0.4 is 10.6 Å². The predicted molar refractivity (Wildman–Crippen MR) is 143 cm³/mol. The third-order valence-corrected chi connectivity index (χ3v) is 7.80. The molecule has 2 aliphatic rings. The number of carbonyl (C=O) groups excluding carboxylic acids is 4. The summed E-state index contributed by atoms with van der Waals surface area (Å²) in [4.78, 5) is 78.2. The number of aliphatic carboxylic acids is 2. The summed E-state index contributed by atoms with van der Waals surface area (Å²) >= 11 is 12.4. The van der Waals surface area contributed by atoms with Crippen molar-refractivity contribution in [3.63, 3.8) is 0 Å². The van der Waals surface area contributed by atoms with Gasteiger partial charge in [-0.15, -0.1) is 23.2 Å². The quantitative estimate of drug-likeness (QED) is 0.125. The molecule has 3 unspecified atom stereocenters. The first-order valence-electron chi connectivity index (χ1n) is 13.1. The normalized spacial score (nSPS) is 25.3. The van der Waals surface area contributed by atoms with E-state index >= 15 is 0 Å². The highest BCUT2D eigenvalue weighted by Gasteiger charge is 2.49. The fourth-order valence-corrected chi connectivity index (χ4v) is 5.43. The van der Waals surface area contributed by atoms with Crippen LogP contribution in [0.1, 0.15) is 58.8 Å². The maximum atomic E-state index is 13.2. The molecule has 1 aliphatic heterocycles. The second kappa shape index (κ2) is 15.3. The Labute approximate surface area is 246 Å². The van der Waals surface area contributed by atoms with E-state index < -0.39 is 95.9 Å². The van der Waals surface area contributed by atoms with Gasteiger partial charge in [0, 0.05) is 23.6 Å². The predicted octanol–water partition coefficient (Wildman–Crippen LogP) is 0.586. The molecule has 14 nitrogen and oxygen atoms in total. The van der Waals surface area contributed by atoms with Gasteiger partial charge in [-0.1, -0.05) is 25.4 Å². The van der Waals surface area contributed by atoms with Crippen LogP contribution in [0.15, 0.2) is 5.16 Å². The maximum Gasteiger partial charge on any atom is 0.312 e. The lowest BCUT2D eigenvalue weighted by Gasteiger charge is -2.30. The first-order chi connectivity index (χ1) is 19.2. The summed E-state index contributed by atoms with van der Waals surface area (Å²) in [6.07, 6.45) is -0.0645. The van der Waals surface area contributed by atoms with Gasteiger partial charge in [0.2, 0.25) is 11.5 Å². The number of carbonyl (C=O) groups is 6. The molecule has 0 saturated heterocycles. The minimum Gasteiger partial charge on any atom is -0.481 e. The SMILES string of the molecule is CC(C)[C@H](NC(=O)CCC(=O)O)C1=NOC(CO)(C(=O)N[C@@H](CC(=O)O)C(=O)COC(=O)C2C(Cl)CCCC2Cl)C1. The van der Waals surface area contributed by atoms with Crippen molar-refractivity contribution in [1.29, 1.82) is 0 Å². The molecule has 1 fully saturated rings. The van der Waals surface area contributed by atoms with Gasteiger partial charge in [-0.25, -0.2) is 0 Å². The average Bonchev–Trinajstić information content (AvgIpc) is 3.33. The maximum absolute atomic E-state index is 13.2. The molecule has 2 amide bonds. The molecule has 0 aromatic carbocycles. The zero-order chi connectivity index (χ0) is 30.9. The van der Waals surface area contributed by atoms with E-state index in [0.29, 0.717) is 12.8 Å². The molecule has 5 atom stereocenters. The Morgan fingerprint density at radius 1 is 1.05 bits per heavy atom. The lowest BCUT2D eigenvalue weighted by atomic mass is 9.88. The molecule has 0 aromatic heterocycles. The molecule has 1 saturated carbocycles. The molecule has 0 spiro atoms. The monoisotopic (exact) mass is 623 g/mol. The molecule has 0 radical (unpaired) electrons. The summed E-state index contributed by atoms with van der Waals surface area (Å²) < 4.78 is 5.07. The van der Waals surface area contributed by atoms with Crippen LogP contribution in [0.5, 0.6) is 0 Å². The van der Waals surface area contributed by atoms with E-state index in [-0.39, 0.29) is 24.5 Å². The highest BCUT2D eigenvalue weighted by Crippen LogP contribution is 2.33. The van der Waals surface area contributed by atoms with E-state index in [2.05, 4.69) is 15.8 Å². The number of aliphatic hydroxyl groups excluding tert-OH is 1. The highest BCUT2D eigenvalue weighted by atomic mass is 35.5. The second-order valence-electron chi connectivity index (χ2n) is 10.4. The van der Waals surface area contributed by atoms with Crippen molar-refractivity contribution in [3.8, 4) is 0 Å². The smallest absolute Gasteiger partial charge is 0.312 e. The fraction of sp³-hybridized carbons (Fsp3) is 0.720. The summed E-state index contributed by atoms with van der Waals surface area (Å²) in [5, 5.41) is 35.7. The molecule has 1 heterocycles. The Morgan fingerprint density at radius 3 is 2.22 bits per heavy atom. The first kappa shape index (κ1) is 34.2. The molecular formula is C25H35Cl2N3O11. The molecular weight excluding hydrogens is 589 g/mol. The minimum absolute atomic E-state index is 0.168. The van der Waals surface area contributed by atoms with Gasteiger partial charge in [0.15, 0.2) is 12.4 Å². The van der Waals surface area contributed by atoms with Gasteiger partial charge >= 0.3 is 17.9 Å². The number of rotatable bonds is 15. The van der Waals surface area contributed by atoms with Crippen LogP contribution in [-0.2, 0) is 38.3 Å². The Hall–Kier alpha value is -2.97. The highest BCUT2D eigenvalue weighted by molar-refractivity contribution is 6.26. The summed E-state index contributed by atoms with van der Waals surface area (Å²) in [5.74, 6) is -7.09. The number of esters is 1. The lowest BCUT2D eigenvalue weighted by molar-refractivity contribution is -0.155. The molecule has 5 N–H and O–H groups in total. The number of hydrogen-bond donors (Lipinski definition) is 5. The van der Waals surface area contributed by atoms with Crippen LogP contribution in [-0.4, -0.2) is 98.2 Å². The number of carboxylic acids is 2. The Bertz CT molecular complexity index is 1040. The van der Waals surface area contributed by atoms with Crippen LogP contribution >= 0.6 is 23.2 Å². The number of carboxylic acid groups (broad SMARTS) is 2. The van der Waals surface area contributed by atoms with Crippen molar-refractivity contribution < 1.29 is 53.7 Å². The largest absolute Gasteiger partial charge is 0.481 e. The number of ether oxygens (including phenoxy) is 1.